The molecule has 2 aromatic heterocycles. The Morgan fingerprint density at radius 2 is 2.00 bits per heavy atom. The standard InChI is InChI=1S/C20H22N4O3S/c1-2-27-17-6-4-3-5-16(17)19(26)23-9-7-22(8-10-23)14-15-13-18(25)24-11-12-28-20(24)21-15/h3-6,11-13H,2,7-10,14H2,1H3. The summed E-state index contributed by atoms with van der Waals surface area (Å²) < 4.78 is 7.15. The topological polar surface area (TPSA) is 67.2 Å². The molecule has 1 fully saturated rings. The van der Waals surface area contributed by atoms with Crippen LogP contribution in [0.2, 0.25) is 0 Å². The number of piperazine rings is 1. The number of fused-ring (bicyclic) bond motifs is 1. The van der Waals surface area contributed by atoms with Crippen molar-refractivity contribution in [1.82, 2.24) is 19.2 Å². The summed E-state index contributed by atoms with van der Waals surface area (Å²) in [5.74, 6) is 0.631. The third kappa shape index (κ3) is 3.79. The Hall–Kier alpha value is -2.71. The molecule has 0 saturated carbocycles. The van der Waals surface area contributed by atoms with Gasteiger partial charge in [-0.1, -0.05) is 12.1 Å². The minimum Gasteiger partial charge on any atom is -0.493 e. The van der Waals surface area contributed by atoms with E-state index < -0.39 is 0 Å². The predicted molar refractivity (Wildman–Crippen MR) is 108 cm³/mol. The molecule has 1 amide bonds. The van der Waals surface area contributed by atoms with Gasteiger partial charge in [0, 0.05) is 50.4 Å². The van der Waals surface area contributed by atoms with Crippen LogP contribution in [-0.4, -0.2) is 57.9 Å². The van der Waals surface area contributed by atoms with Crippen LogP contribution < -0.4 is 10.3 Å². The molecule has 0 atom stereocenters. The van der Waals surface area contributed by atoms with Crippen molar-refractivity contribution in [3.8, 4) is 5.75 Å². The number of ether oxygens (including phenoxy) is 1. The fraction of sp³-hybridized carbons (Fsp3) is 0.350. The number of benzene rings is 1. The van der Waals surface area contributed by atoms with Gasteiger partial charge < -0.3 is 9.64 Å². The summed E-state index contributed by atoms with van der Waals surface area (Å²) in [6, 6.07) is 8.97. The third-order valence-corrected chi connectivity index (χ3v) is 5.58. The molecule has 0 radical (unpaired) electrons. The van der Waals surface area contributed by atoms with Crippen LogP contribution in [0.4, 0.5) is 0 Å². The number of hydrogen-bond acceptors (Lipinski definition) is 6. The van der Waals surface area contributed by atoms with Gasteiger partial charge >= 0.3 is 0 Å². The maximum absolute atomic E-state index is 12.9. The number of carbonyl (C=O) groups is 1. The van der Waals surface area contributed by atoms with Gasteiger partial charge in [0.1, 0.15) is 5.75 Å². The van der Waals surface area contributed by atoms with Gasteiger partial charge in [0.15, 0.2) is 4.96 Å². The van der Waals surface area contributed by atoms with Gasteiger partial charge in [-0.15, -0.1) is 11.3 Å². The van der Waals surface area contributed by atoms with Gasteiger partial charge in [0.2, 0.25) is 0 Å². The van der Waals surface area contributed by atoms with Crippen molar-refractivity contribution < 1.29 is 9.53 Å². The molecule has 0 N–H and O–H groups in total. The highest BCUT2D eigenvalue weighted by molar-refractivity contribution is 7.15. The molecule has 4 rings (SSSR count). The molecule has 1 aromatic carbocycles. The average molecular weight is 398 g/mol. The van der Waals surface area contributed by atoms with E-state index in [2.05, 4.69) is 9.88 Å². The van der Waals surface area contributed by atoms with E-state index in [1.165, 1.54) is 11.3 Å². The van der Waals surface area contributed by atoms with Crippen molar-refractivity contribution in [1.29, 1.82) is 0 Å². The lowest BCUT2D eigenvalue weighted by atomic mass is 10.1. The van der Waals surface area contributed by atoms with Crippen molar-refractivity contribution in [2.75, 3.05) is 32.8 Å². The van der Waals surface area contributed by atoms with Gasteiger partial charge in [0.25, 0.3) is 11.5 Å². The maximum atomic E-state index is 12.9. The Morgan fingerprint density at radius 3 is 2.79 bits per heavy atom. The molecule has 1 aliphatic heterocycles. The summed E-state index contributed by atoms with van der Waals surface area (Å²) >= 11 is 1.45. The Balaban J connectivity index is 1.40. The van der Waals surface area contributed by atoms with Crippen molar-refractivity contribution >= 4 is 22.2 Å². The lowest BCUT2D eigenvalue weighted by Crippen LogP contribution is -2.48. The van der Waals surface area contributed by atoms with Gasteiger partial charge in [-0.2, -0.15) is 0 Å². The second-order valence-electron chi connectivity index (χ2n) is 6.64. The summed E-state index contributed by atoms with van der Waals surface area (Å²) in [6.45, 7) is 5.81. The van der Waals surface area contributed by atoms with Gasteiger partial charge in [-0.3, -0.25) is 18.9 Å². The second-order valence-corrected chi connectivity index (χ2v) is 7.51. The van der Waals surface area contributed by atoms with E-state index in [1.54, 1.807) is 16.7 Å². The molecule has 0 spiro atoms. The minimum absolute atomic E-state index is 0.0000691. The number of para-hydroxylation sites is 1. The number of aromatic nitrogens is 2. The van der Waals surface area contributed by atoms with E-state index in [9.17, 15) is 9.59 Å². The first kappa shape index (κ1) is 18.6. The smallest absolute Gasteiger partial charge is 0.258 e. The van der Waals surface area contributed by atoms with E-state index in [0.717, 1.165) is 18.8 Å². The zero-order chi connectivity index (χ0) is 19.5. The zero-order valence-electron chi connectivity index (χ0n) is 15.7. The van der Waals surface area contributed by atoms with Crippen LogP contribution in [0.3, 0.4) is 0 Å². The largest absolute Gasteiger partial charge is 0.493 e. The van der Waals surface area contributed by atoms with Crippen LogP contribution >= 0.6 is 11.3 Å². The Morgan fingerprint density at radius 1 is 1.21 bits per heavy atom. The second kappa shape index (κ2) is 8.12. The quantitative estimate of drug-likeness (QED) is 0.659. The summed E-state index contributed by atoms with van der Waals surface area (Å²) in [7, 11) is 0. The lowest BCUT2D eigenvalue weighted by molar-refractivity contribution is 0.0623. The van der Waals surface area contributed by atoms with E-state index in [1.807, 2.05) is 41.5 Å². The summed E-state index contributed by atoms with van der Waals surface area (Å²) in [6.07, 6.45) is 1.74. The first-order chi connectivity index (χ1) is 13.7. The van der Waals surface area contributed by atoms with Crippen molar-refractivity contribution in [2.45, 2.75) is 13.5 Å². The highest BCUT2D eigenvalue weighted by Gasteiger charge is 2.24. The number of amides is 1. The Kier molecular flexibility index (Phi) is 5.40. The Labute approximate surface area is 166 Å². The molecule has 28 heavy (non-hydrogen) atoms. The van der Waals surface area contributed by atoms with Crippen LogP contribution in [0, 0.1) is 0 Å². The average Bonchev–Trinajstić information content (AvgIpc) is 3.18. The fourth-order valence-electron chi connectivity index (χ4n) is 3.40. The number of carbonyl (C=O) groups excluding carboxylic acids is 1. The van der Waals surface area contributed by atoms with E-state index >= 15 is 0 Å². The first-order valence-electron chi connectivity index (χ1n) is 9.35. The SMILES string of the molecule is CCOc1ccccc1C(=O)N1CCN(Cc2cc(=O)n3ccsc3n2)CC1. The van der Waals surface area contributed by atoms with Gasteiger partial charge in [-0.25, -0.2) is 4.98 Å². The normalized spacial score (nSPS) is 15.1. The van der Waals surface area contributed by atoms with Crippen LogP contribution in [0.25, 0.3) is 4.96 Å². The van der Waals surface area contributed by atoms with Gasteiger partial charge in [0.05, 0.1) is 17.9 Å². The van der Waals surface area contributed by atoms with Gasteiger partial charge in [-0.05, 0) is 19.1 Å². The van der Waals surface area contributed by atoms with Crippen molar-refractivity contribution in [3.05, 3.63) is 63.5 Å². The third-order valence-electron chi connectivity index (χ3n) is 4.82. The lowest BCUT2D eigenvalue weighted by Gasteiger charge is -2.34. The summed E-state index contributed by atoms with van der Waals surface area (Å²) in [4.78, 5) is 34.4. The number of rotatable bonds is 5. The van der Waals surface area contributed by atoms with Crippen LogP contribution in [0.1, 0.15) is 23.0 Å². The molecular formula is C20H22N4O3S. The number of hydrogen-bond donors (Lipinski definition) is 0. The molecule has 3 heterocycles. The van der Waals surface area contributed by atoms with Crippen molar-refractivity contribution in [2.24, 2.45) is 0 Å². The highest BCUT2D eigenvalue weighted by atomic mass is 32.1. The van der Waals surface area contributed by atoms with E-state index in [0.29, 0.717) is 42.5 Å². The number of nitrogens with zero attached hydrogens (tertiary/aromatic N) is 4. The van der Waals surface area contributed by atoms with Crippen LogP contribution in [-0.2, 0) is 6.54 Å². The molecule has 3 aromatic rings. The highest BCUT2D eigenvalue weighted by Crippen LogP contribution is 2.21. The summed E-state index contributed by atoms with van der Waals surface area (Å²) in [5.41, 5.74) is 1.33. The van der Waals surface area contributed by atoms with Crippen LogP contribution in [0.5, 0.6) is 5.75 Å². The molecule has 0 unspecified atom stereocenters. The molecular weight excluding hydrogens is 376 g/mol. The number of thiazole rings is 1. The van der Waals surface area contributed by atoms with Crippen LogP contribution in [0.15, 0.2) is 46.7 Å². The Bertz CT molecular complexity index is 1040. The van der Waals surface area contributed by atoms with E-state index in [4.69, 9.17) is 4.74 Å². The molecule has 1 aliphatic rings. The maximum Gasteiger partial charge on any atom is 0.258 e. The molecule has 7 nitrogen and oxygen atoms in total. The van der Waals surface area contributed by atoms with Crippen molar-refractivity contribution in [3.63, 3.8) is 0 Å². The molecule has 0 aliphatic carbocycles. The predicted octanol–water partition coefficient (Wildman–Crippen LogP) is 2.11. The molecule has 146 valence electrons. The fourth-order valence-corrected chi connectivity index (χ4v) is 4.14. The molecule has 1 saturated heterocycles. The molecule has 0 bridgehead atoms. The summed E-state index contributed by atoms with van der Waals surface area (Å²) in [5, 5.41) is 1.86. The monoisotopic (exact) mass is 398 g/mol. The molecule has 8 heteroatoms. The minimum atomic E-state index is -0.0532. The van der Waals surface area contributed by atoms with E-state index in [-0.39, 0.29) is 11.5 Å². The zero-order valence-corrected chi connectivity index (χ0v) is 16.5. The first-order valence-corrected chi connectivity index (χ1v) is 10.2.